The van der Waals surface area contributed by atoms with Crippen molar-refractivity contribution >= 4 is 28.2 Å². The molecule has 36 heavy (non-hydrogen) atoms. The van der Waals surface area contributed by atoms with Crippen LogP contribution in [0, 0.1) is 11.7 Å². The molecule has 0 aromatic carbocycles. The largest absolute Gasteiger partial charge is 0.484 e. The zero-order valence-electron chi connectivity index (χ0n) is 21.6. The van der Waals surface area contributed by atoms with Crippen LogP contribution in [0.5, 0.6) is 0 Å². The summed E-state index contributed by atoms with van der Waals surface area (Å²) in [5.74, 6) is 0.418. The molecule has 1 saturated carbocycles. The van der Waals surface area contributed by atoms with Crippen LogP contribution in [0.1, 0.15) is 46.5 Å². The summed E-state index contributed by atoms with van der Waals surface area (Å²) in [5, 5.41) is 6.81. The van der Waals surface area contributed by atoms with Gasteiger partial charge in [0.1, 0.15) is 12.4 Å². The summed E-state index contributed by atoms with van der Waals surface area (Å²) >= 11 is 0. The number of aliphatic imine (C=N–C) groups is 1. The van der Waals surface area contributed by atoms with E-state index in [9.17, 15) is 14.0 Å². The molecular weight excluding hydrogens is 461 g/mol. The first-order valence-corrected chi connectivity index (χ1v) is 12.3. The van der Waals surface area contributed by atoms with Crippen LogP contribution in [0.4, 0.5) is 10.1 Å². The van der Waals surface area contributed by atoms with E-state index in [0.29, 0.717) is 47.5 Å². The van der Waals surface area contributed by atoms with Crippen LogP contribution in [0.2, 0.25) is 0 Å². The van der Waals surface area contributed by atoms with Crippen molar-refractivity contribution in [1.29, 1.82) is 0 Å². The maximum absolute atomic E-state index is 14.6. The number of aromatic nitrogens is 2. The van der Waals surface area contributed by atoms with E-state index in [1.165, 1.54) is 23.8 Å². The smallest absolute Gasteiger partial charge is 0.250 e. The van der Waals surface area contributed by atoms with E-state index in [-0.39, 0.29) is 17.9 Å². The van der Waals surface area contributed by atoms with Gasteiger partial charge in [-0.1, -0.05) is 6.58 Å². The second-order valence-corrected chi connectivity index (χ2v) is 9.55. The molecule has 2 N–H and O–H groups in total. The van der Waals surface area contributed by atoms with Crippen molar-refractivity contribution < 1.29 is 13.9 Å². The standard InChI is InChI=1S/C27H36FN5O3/c1-17(2)24(36-16-19(4)34)15-29-18(3)12-30-21-8-6-20(7-9-21)13-32-26-22(28)14-31-23-10-11-25(35)33(5)27(23)26/h10-11,14-15,20-21,30H,1,6-9,12-13,16H2,2-5H3,(H,31,32)/b24-15+,29-18?. The monoisotopic (exact) mass is 497 g/mol. The summed E-state index contributed by atoms with van der Waals surface area (Å²) in [4.78, 5) is 31.8. The number of carbonyl (C=O) groups is 1. The number of fused-ring (bicyclic) bond motifs is 1. The van der Waals surface area contributed by atoms with Gasteiger partial charge in [0.05, 0.1) is 29.1 Å². The SMILES string of the molecule is C=C(C)/C(=C\N=C(C)CNC1CCC(CNc2c(F)cnc3ccc(=O)n(C)c23)CC1)OCC(C)=O. The molecule has 3 rings (SSSR count). The first kappa shape index (κ1) is 27.3. The van der Waals surface area contributed by atoms with Gasteiger partial charge >= 0.3 is 0 Å². The van der Waals surface area contributed by atoms with Gasteiger partial charge in [-0.15, -0.1) is 0 Å². The molecule has 2 aromatic rings. The Morgan fingerprint density at radius 2 is 2.00 bits per heavy atom. The summed E-state index contributed by atoms with van der Waals surface area (Å²) < 4.78 is 21.5. The number of pyridine rings is 2. The lowest BCUT2D eigenvalue weighted by atomic mass is 9.86. The van der Waals surface area contributed by atoms with Crippen LogP contribution in [0.15, 0.2) is 52.2 Å². The Hall–Kier alpha value is -3.33. The number of hydrogen-bond donors (Lipinski definition) is 2. The van der Waals surface area contributed by atoms with Crippen LogP contribution in [-0.4, -0.2) is 46.8 Å². The van der Waals surface area contributed by atoms with Gasteiger partial charge in [0.2, 0.25) is 0 Å². The number of halogens is 1. The number of hydrogen-bond acceptors (Lipinski definition) is 7. The number of carbonyl (C=O) groups excluding carboxylic acids is 1. The highest BCUT2D eigenvalue weighted by Crippen LogP contribution is 2.27. The van der Waals surface area contributed by atoms with Crippen molar-refractivity contribution in [2.45, 2.75) is 52.5 Å². The number of Topliss-reactive ketones (excluding diaryl/α,β-unsaturated/α-hetero) is 1. The normalized spacial score (nSPS) is 18.8. The predicted molar refractivity (Wildman–Crippen MR) is 142 cm³/mol. The molecule has 9 heteroatoms. The van der Waals surface area contributed by atoms with Crippen LogP contribution in [-0.2, 0) is 16.6 Å². The Morgan fingerprint density at radius 3 is 2.67 bits per heavy atom. The average Bonchev–Trinajstić information content (AvgIpc) is 2.84. The summed E-state index contributed by atoms with van der Waals surface area (Å²) in [7, 11) is 1.63. The van der Waals surface area contributed by atoms with E-state index < -0.39 is 5.82 Å². The molecule has 2 heterocycles. The van der Waals surface area contributed by atoms with Crippen molar-refractivity contribution in [3.8, 4) is 0 Å². The van der Waals surface area contributed by atoms with Crippen LogP contribution in [0.25, 0.3) is 11.0 Å². The van der Waals surface area contributed by atoms with Crippen LogP contribution >= 0.6 is 0 Å². The molecule has 0 aliphatic heterocycles. The zero-order valence-corrected chi connectivity index (χ0v) is 21.6. The van der Waals surface area contributed by atoms with Crippen molar-refractivity contribution in [3.63, 3.8) is 0 Å². The third kappa shape index (κ3) is 7.34. The van der Waals surface area contributed by atoms with Gasteiger partial charge in [0.25, 0.3) is 5.56 Å². The number of ketones is 1. The molecule has 8 nitrogen and oxygen atoms in total. The summed E-state index contributed by atoms with van der Waals surface area (Å²) in [6.45, 7) is 10.4. The van der Waals surface area contributed by atoms with E-state index >= 15 is 0 Å². The van der Waals surface area contributed by atoms with Gasteiger partial charge < -0.3 is 19.9 Å². The molecule has 1 aliphatic rings. The second-order valence-electron chi connectivity index (χ2n) is 9.55. The number of rotatable bonds is 11. The first-order chi connectivity index (χ1) is 17.2. The number of nitrogens with zero attached hydrogens (tertiary/aromatic N) is 3. The quantitative estimate of drug-likeness (QED) is 0.275. The molecule has 1 fully saturated rings. The lowest BCUT2D eigenvalue weighted by Crippen LogP contribution is -2.37. The van der Waals surface area contributed by atoms with Crippen molar-refractivity contribution in [3.05, 3.63) is 58.6 Å². The maximum Gasteiger partial charge on any atom is 0.250 e. The minimum atomic E-state index is -0.454. The zero-order chi connectivity index (χ0) is 26.2. The van der Waals surface area contributed by atoms with Gasteiger partial charge in [0, 0.05) is 38.0 Å². The highest BCUT2D eigenvalue weighted by molar-refractivity contribution is 5.88. The minimum Gasteiger partial charge on any atom is -0.484 e. The molecule has 0 spiro atoms. The molecule has 194 valence electrons. The minimum absolute atomic E-state index is 0.00571. The molecule has 0 saturated heterocycles. The molecule has 0 unspecified atom stereocenters. The first-order valence-electron chi connectivity index (χ1n) is 12.3. The van der Waals surface area contributed by atoms with Crippen molar-refractivity contribution in [2.75, 3.05) is 25.0 Å². The van der Waals surface area contributed by atoms with Gasteiger partial charge in [-0.3, -0.25) is 19.6 Å². The predicted octanol–water partition coefficient (Wildman–Crippen LogP) is 4.12. The lowest BCUT2D eigenvalue weighted by molar-refractivity contribution is -0.120. The number of ether oxygens (including phenoxy) is 1. The molecule has 0 bridgehead atoms. The lowest BCUT2D eigenvalue weighted by Gasteiger charge is -2.29. The summed E-state index contributed by atoms with van der Waals surface area (Å²) in [5.41, 5.74) is 2.84. The van der Waals surface area contributed by atoms with E-state index in [1.54, 1.807) is 19.3 Å². The molecule has 0 amide bonds. The van der Waals surface area contributed by atoms with Gasteiger partial charge in [-0.05, 0) is 64.0 Å². The maximum atomic E-state index is 14.6. The second kappa shape index (κ2) is 12.6. The van der Waals surface area contributed by atoms with Gasteiger partial charge in [-0.25, -0.2) is 4.39 Å². The number of aryl methyl sites for hydroxylation is 1. The average molecular weight is 498 g/mol. The Bertz CT molecular complexity index is 1230. The third-order valence-electron chi connectivity index (χ3n) is 6.40. The Labute approximate surface area is 211 Å². The molecule has 1 aliphatic carbocycles. The fourth-order valence-corrected chi connectivity index (χ4v) is 4.27. The molecular formula is C27H36FN5O3. The molecule has 2 aromatic heterocycles. The number of allylic oxidation sites excluding steroid dienone is 1. The fourth-order valence-electron chi connectivity index (χ4n) is 4.27. The Morgan fingerprint density at radius 1 is 1.28 bits per heavy atom. The van der Waals surface area contributed by atoms with E-state index in [2.05, 4.69) is 27.2 Å². The summed E-state index contributed by atoms with van der Waals surface area (Å²) in [6, 6.07) is 3.46. The van der Waals surface area contributed by atoms with Crippen molar-refractivity contribution in [2.24, 2.45) is 18.0 Å². The Balaban J connectivity index is 1.50. The fraction of sp³-hybridized carbons (Fsp3) is 0.481. The van der Waals surface area contributed by atoms with Gasteiger partial charge in [-0.2, -0.15) is 0 Å². The molecule has 0 radical (unpaired) electrons. The summed E-state index contributed by atoms with van der Waals surface area (Å²) in [6.07, 6.45) is 6.89. The van der Waals surface area contributed by atoms with Crippen LogP contribution in [0.3, 0.4) is 0 Å². The highest BCUT2D eigenvalue weighted by Gasteiger charge is 2.22. The van der Waals surface area contributed by atoms with Crippen LogP contribution < -0.4 is 16.2 Å². The Kier molecular flexibility index (Phi) is 9.52. The molecule has 0 atom stereocenters. The van der Waals surface area contributed by atoms with E-state index in [1.807, 2.05) is 13.8 Å². The number of nitrogens with one attached hydrogen (secondary N) is 2. The van der Waals surface area contributed by atoms with E-state index in [4.69, 9.17) is 4.74 Å². The number of anilines is 1. The highest BCUT2D eigenvalue weighted by atomic mass is 19.1. The van der Waals surface area contributed by atoms with Gasteiger partial charge in [0.15, 0.2) is 11.6 Å². The van der Waals surface area contributed by atoms with Crippen molar-refractivity contribution in [1.82, 2.24) is 14.9 Å². The third-order valence-corrected chi connectivity index (χ3v) is 6.40. The van der Waals surface area contributed by atoms with E-state index in [0.717, 1.165) is 37.0 Å². The topological polar surface area (TPSA) is 97.6 Å².